The summed E-state index contributed by atoms with van der Waals surface area (Å²) in [5, 5.41) is 0. The minimum Gasteiger partial charge on any atom is -0.383 e. The van der Waals surface area contributed by atoms with Crippen molar-refractivity contribution in [3.8, 4) is 0 Å². The Hall–Kier alpha value is -1.20. The van der Waals surface area contributed by atoms with Gasteiger partial charge in [0.15, 0.2) is 0 Å². The third-order valence-corrected chi connectivity index (χ3v) is 5.57. The van der Waals surface area contributed by atoms with Crippen LogP contribution in [0, 0.1) is 12.8 Å². The molecule has 1 aromatic rings. The molecule has 1 aliphatic heterocycles. The molecule has 1 saturated heterocycles. The molecular weight excluding hydrogens is 300 g/mol. The standard InChI is InChI=1S/C19H32N4O/c1-15-17-6-4-5-7-18(17)21-19(20-15)22(2)14-16-8-10-23(11-9-16)12-13-24-3/h16H,4-14H2,1-3H3. The van der Waals surface area contributed by atoms with Crippen molar-refractivity contribution in [2.75, 3.05) is 51.8 Å². The van der Waals surface area contributed by atoms with Gasteiger partial charge in [-0.2, -0.15) is 0 Å². The molecule has 0 N–H and O–H groups in total. The van der Waals surface area contributed by atoms with Gasteiger partial charge in [-0.05, 0) is 70.0 Å². The fourth-order valence-corrected chi connectivity index (χ4v) is 4.02. The molecule has 0 amide bonds. The maximum absolute atomic E-state index is 5.18. The maximum Gasteiger partial charge on any atom is 0.225 e. The van der Waals surface area contributed by atoms with Crippen LogP contribution >= 0.6 is 0 Å². The van der Waals surface area contributed by atoms with E-state index in [9.17, 15) is 0 Å². The molecule has 0 unspecified atom stereocenters. The van der Waals surface area contributed by atoms with Gasteiger partial charge in [-0.3, -0.25) is 0 Å². The van der Waals surface area contributed by atoms with Crippen LogP contribution in [0.3, 0.4) is 0 Å². The number of aromatic nitrogens is 2. The summed E-state index contributed by atoms with van der Waals surface area (Å²) in [6.07, 6.45) is 7.36. The molecule has 5 heteroatoms. The summed E-state index contributed by atoms with van der Waals surface area (Å²) >= 11 is 0. The number of nitrogens with zero attached hydrogens (tertiary/aromatic N) is 4. The van der Waals surface area contributed by atoms with Crippen molar-refractivity contribution in [1.82, 2.24) is 14.9 Å². The highest BCUT2D eigenvalue weighted by molar-refractivity contribution is 5.37. The van der Waals surface area contributed by atoms with Crippen LogP contribution in [0.15, 0.2) is 0 Å². The quantitative estimate of drug-likeness (QED) is 0.800. The van der Waals surface area contributed by atoms with Gasteiger partial charge in [0.2, 0.25) is 5.95 Å². The lowest BCUT2D eigenvalue weighted by Gasteiger charge is -2.34. The lowest BCUT2D eigenvalue weighted by molar-refractivity contribution is 0.121. The normalized spacial score (nSPS) is 19.3. The van der Waals surface area contributed by atoms with Crippen LogP contribution in [-0.2, 0) is 17.6 Å². The van der Waals surface area contributed by atoms with Gasteiger partial charge in [-0.1, -0.05) is 0 Å². The summed E-state index contributed by atoms with van der Waals surface area (Å²) < 4.78 is 5.18. The lowest BCUT2D eigenvalue weighted by atomic mass is 9.95. The van der Waals surface area contributed by atoms with E-state index >= 15 is 0 Å². The Bertz CT molecular complexity index is 540. The number of rotatable bonds is 6. The fraction of sp³-hybridized carbons (Fsp3) is 0.789. The van der Waals surface area contributed by atoms with Crippen LogP contribution < -0.4 is 4.90 Å². The molecule has 24 heavy (non-hydrogen) atoms. The number of piperidine rings is 1. The topological polar surface area (TPSA) is 41.5 Å². The number of likely N-dealkylation sites (tertiary alicyclic amines) is 1. The second-order valence-corrected chi connectivity index (χ2v) is 7.40. The number of ether oxygens (including phenoxy) is 1. The van der Waals surface area contributed by atoms with Gasteiger partial charge in [-0.25, -0.2) is 9.97 Å². The van der Waals surface area contributed by atoms with Crippen molar-refractivity contribution in [2.24, 2.45) is 5.92 Å². The number of hydrogen-bond donors (Lipinski definition) is 0. The second-order valence-electron chi connectivity index (χ2n) is 7.40. The van der Waals surface area contributed by atoms with Crippen LogP contribution in [-0.4, -0.2) is 61.8 Å². The molecule has 1 fully saturated rings. The van der Waals surface area contributed by atoms with Crippen molar-refractivity contribution in [3.63, 3.8) is 0 Å². The molecule has 0 aromatic carbocycles. The Morgan fingerprint density at radius 2 is 1.92 bits per heavy atom. The summed E-state index contributed by atoms with van der Waals surface area (Å²) in [6, 6.07) is 0. The van der Waals surface area contributed by atoms with E-state index in [1.807, 2.05) is 0 Å². The largest absolute Gasteiger partial charge is 0.383 e. The van der Waals surface area contributed by atoms with Crippen molar-refractivity contribution < 1.29 is 4.74 Å². The van der Waals surface area contributed by atoms with E-state index in [2.05, 4.69) is 23.8 Å². The maximum atomic E-state index is 5.18. The zero-order valence-corrected chi connectivity index (χ0v) is 15.6. The molecule has 2 aliphatic rings. The van der Waals surface area contributed by atoms with Crippen molar-refractivity contribution >= 4 is 5.95 Å². The predicted octanol–water partition coefficient (Wildman–Crippen LogP) is 2.46. The average molecular weight is 332 g/mol. The van der Waals surface area contributed by atoms with Gasteiger partial charge in [0.1, 0.15) is 0 Å². The Labute approximate surface area is 146 Å². The SMILES string of the molecule is COCCN1CCC(CN(C)c2nc(C)c3c(n2)CCCC3)CC1. The first-order chi connectivity index (χ1) is 11.7. The second kappa shape index (κ2) is 8.26. The Morgan fingerprint density at radius 1 is 1.17 bits per heavy atom. The summed E-state index contributed by atoms with van der Waals surface area (Å²) in [7, 11) is 3.93. The van der Waals surface area contributed by atoms with Gasteiger partial charge in [-0.15, -0.1) is 0 Å². The molecule has 1 aliphatic carbocycles. The Kier molecular flexibility index (Phi) is 6.06. The lowest BCUT2D eigenvalue weighted by Crippen LogP contribution is -2.39. The van der Waals surface area contributed by atoms with Crippen LogP contribution in [0.25, 0.3) is 0 Å². The highest BCUT2D eigenvalue weighted by atomic mass is 16.5. The number of fused-ring (bicyclic) bond motifs is 1. The Morgan fingerprint density at radius 3 is 2.67 bits per heavy atom. The average Bonchev–Trinajstić information content (AvgIpc) is 2.61. The van der Waals surface area contributed by atoms with Crippen molar-refractivity contribution in [2.45, 2.75) is 45.4 Å². The van der Waals surface area contributed by atoms with Crippen LogP contribution in [0.2, 0.25) is 0 Å². The number of aryl methyl sites for hydroxylation is 2. The van der Waals surface area contributed by atoms with Gasteiger partial charge in [0.05, 0.1) is 6.61 Å². The zero-order valence-electron chi connectivity index (χ0n) is 15.6. The van der Waals surface area contributed by atoms with E-state index in [-0.39, 0.29) is 0 Å². The molecular formula is C19H32N4O. The van der Waals surface area contributed by atoms with E-state index in [0.717, 1.165) is 44.4 Å². The Balaban J connectivity index is 1.56. The molecule has 0 bridgehead atoms. The first kappa shape index (κ1) is 17.6. The van der Waals surface area contributed by atoms with Crippen LogP contribution in [0.1, 0.15) is 42.6 Å². The predicted molar refractivity (Wildman–Crippen MR) is 97.7 cm³/mol. The summed E-state index contributed by atoms with van der Waals surface area (Å²) in [4.78, 5) is 14.5. The monoisotopic (exact) mass is 332 g/mol. The van der Waals surface area contributed by atoms with Crippen molar-refractivity contribution in [1.29, 1.82) is 0 Å². The third kappa shape index (κ3) is 4.25. The van der Waals surface area contributed by atoms with E-state index in [1.54, 1.807) is 7.11 Å². The van der Waals surface area contributed by atoms with Gasteiger partial charge in [0, 0.05) is 38.6 Å². The first-order valence-corrected chi connectivity index (χ1v) is 9.46. The molecule has 0 radical (unpaired) electrons. The molecule has 3 rings (SSSR count). The van der Waals surface area contributed by atoms with Gasteiger partial charge in [0.25, 0.3) is 0 Å². The number of hydrogen-bond acceptors (Lipinski definition) is 5. The van der Waals surface area contributed by atoms with E-state index in [1.165, 1.54) is 55.7 Å². The van der Waals surface area contributed by atoms with Crippen molar-refractivity contribution in [3.05, 3.63) is 17.0 Å². The molecule has 2 heterocycles. The fourth-order valence-electron chi connectivity index (χ4n) is 4.02. The summed E-state index contributed by atoms with van der Waals surface area (Å²) in [6.45, 7) is 7.49. The van der Waals surface area contributed by atoms with Crippen LogP contribution in [0.4, 0.5) is 5.95 Å². The minimum atomic E-state index is 0.744. The van der Waals surface area contributed by atoms with E-state index < -0.39 is 0 Å². The summed E-state index contributed by atoms with van der Waals surface area (Å²) in [5.74, 6) is 1.67. The van der Waals surface area contributed by atoms with Gasteiger partial charge < -0.3 is 14.5 Å². The molecule has 0 atom stereocenters. The smallest absolute Gasteiger partial charge is 0.225 e. The summed E-state index contributed by atoms with van der Waals surface area (Å²) in [5.41, 5.74) is 3.89. The molecule has 5 nitrogen and oxygen atoms in total. The highest BCUT2D eigenvalue weighted by Gasteiger charge is 2.22. The van der Waals surface area contributed by atoms with Gasteiger partial charge >= 0.3 is 0 Å². The highest BCUT2D eigenvalue weighted by Crippen LogP contribution is 2.25. The number of anilines is 1. The zero-order chi connectivity index (χ0) is 16.9. The molecule has 0 saturated carbocycles. The minimum absolute atomic E-state index is 0.744. The van der Waals surface area contributed by atoms with E-state index in [4.69, 9.17) is 14.7 Å². The molecule has 0 spiro atoms. The third-order valence-electron chi connectivity index (χ3n) is 5.57. The molecule has 1 aromatic heterocycles. The first-order valence-electron chi connectivity index (χ1n) is 9.46. The number of methoxy groups -OCH3 is 1. The van der Waals surface area contributed by atoms with E-state index in [0.29, 0.717) is 0 Å². The van der Waals surface area contributed by atoms with Crippen LogP contribution in [0.5, 0.6) is 0 Å². The molecule has 134 valence electrons.